The van der Waals surface area contributed by atoms with Crippen molar-refractivity contribution in [2.24, 2.45) is 0 Å². The molecule has 1 fully saturated rings. The van der Waals surface area contributed by atoms with Crippen molar-refractivity contribution in [1.29, 1.82) is 0 Å². The van der Waals surface area contributed by atoms with Crippen molar-refractivity contribution < 1.29 is 14.6 Å². The first kappa shape index (κ1) is 16.0. The fourth-order valence-corrected chi connectivity index (χ4v) is 2.67. The molecule has 1 N–H and O–H groups in total. The van der Waals surface area contributed by atoms with E-state index in [1.807, 2.05) is 37.3 Å². The Morgan fingerprint density at radius 1 is 1.29 bits per heavy atom. The Bertz CT molecular complexity index is 441. The molecule has 1 amide bonds. The highest BCUT2D eigenvalue weighted by atomic mass is 16.5. The third-order valence-electron chi connectivity index (χ3n) is 3.94. The van der Waals surface area contributed by atoms with Gasteiger partial charge in [-0.15, -0.1) is 0 Å². The van der Waals surface area contributed by atoms with E-state index in [4.69, 9.17) is 4.74 Å². The van der Waals surface area contributed by atoms with E-state index in [0.717, 1.165) is 12.0 Å². The minimum Gasteiger partial charge on any atom is -0.388 e. The number of hydrogen-bond donors (Lipinski definition) is 1. The van der Waals surface area contributed by atoms with E-state index in [1.54, 1.807) is 4.90 Å². The van der Waals surface area contributed by atoms with Gasteiger partial charge in [-0.3, -0.25) is 4.79 Å². The Balaban J connectivity index is 2.06. The SMILES string of the molecule is CCCC(=O)N(Cc1ccccc1)CC1(O)CCOCC1. The summed E-state index contributed by atoms with van der Waals surface area (Å²) in [7, 11) is 0. The minimum absolute atomic E-state index is 0.112. The summed E-state index contributed by atoms with van der Waals surface area (Å²) in [6.07, 6.45) is 2.54. The number of benzene rings is 1. The smallest absolute Gasteiger partial charge is 0.222 e. The average molecular weight is 291 g/mol. The van der Waals surface area contributed by atoms with Crippen LogP contribution in [0.25, 0.3) is 0 Å². The van der Waals surface area contributed by atoms with Crippen LogP contribution in [0.1, 0.15) is 38.2 Å². The van der Waals surface area contributed by atoms with E-state index >= 15 is 0 Å². The van der Waals surface area contributed by atoms with Crippen molar-refractivity contribution in [3.05, 3.63) is 35.9 Å². The fraction of sp³-hybridized carbons (Fsp3) is 0.588. The van der Waals surface area contributed by atoms with Crippen LogP contribution in [-0.2, 0) is 16.1 Å². The van der Waals surface area contributed by atoms with Gasteiger partial charge in [-0.05, 0) is 12.0 Å². The number of aliphatic hydroxyl groups is 1. The Hall–Kier alpha value is -1.39. The fourth-order valence-electron chi connectivity index (χ4n) is 2.67. The van der Waals surface area contributed by atoms with Gasteiger partial charge in [0.05, 0.1) is 5.60 Å². The summed E-state index contributed by atoms with van der Waals surface area (Å²) in [5, 5.41) is 10.7. The molecule has 1 aromatic carbocycles. The highest BCUT2D eigenvalue weighted by Crippen LogP contribution is 2.23. The summed E-state index contributed by atoms with van der Waals surface area (Å²) in [5.74, 6) is 0.112. The zero-order valence-corrected chi connectivity index (χ0v) is 12.8. The minimum atomic E-state index is -0.809. The summed E-state index contributed by atoms with van der Waals surface area (Å²) >= 11 is 0. The molecule has 0 aromatic heterocycles. The molecule has 116 valence electrons. The van der Waals surface area contributed by atoms with Gasteiger partial charge in [0, 0.05) is 45.6 Å². The molecule has 21 heavy (non-hydrogen) atoms. The average Bonchev–Trinajstić information content (AvgIpc) is 2.48. The predicted molar refractivity (Wildman–Crippen MR) is 81.8 cm³/mol. The van der Waals surface area contributed by atoms with Gasteiger partial charge in [0.1, 0.15) is 0 Å². The molecule has 1 aromatic rings. The molecule has 2 rings (SSSR count). The molecule has 0 atom stereocenters. The maximum atomic E-state index is 12.3. The van der Waals surface area contributed by atoms with E-state index in [-0.39, 0.29) is 5.91 Å². The molecular weight excluding hydrogens is 266 g/mol. The first-order chi connectivity index (χ1) is 10.1. The lowest BCUT2D eigenvalue weighted by atomic mass is 9.93. The van der Waals surface area contributed by atoms with E-state index in [1.165, 1.54) is 0 Å². The van der Waals surface area contributed by atoms with Crippen molar-refractivity contribution in [1.82, 2.24) is 4.90 Å². The van der Waals surface area contributed by atoms with Gasteiger partial charge in [-0.1, -0.05) is 37.3 Å². The lowest BCUT2D eigenvalue weighted by molar-refractivity contribution is -0.139. The molecule has 1 heterocycles. The Morgan fingerprint density at radius 2 is 1.95 bits per heavy atom. The van der Waals surface area contributed by atoms with E-state index < -0.39 is 5.60 Å². The number of nitrogens with zero attached hydrogens (tertiary/aromatic N) is 1. The largest absolute Gasteiger partial charge is 0.388 e. The van der Waals surface area contributed by atoms with E-state index in [9.17, 15) is 9.90 Å². The molecule has 0 unspecified atom stereocenters. The van der Waals surface area contributed by atoms with Crippen molar-refractivity contribution in [2.75, 3.05) is 19.8 Å². The maximum Gasteiger partial charge on any atom is 0.222 e. The van der Waals surface area contributed by atoms with Gasteiger partial charge in [-0.2, -0.15) is 0 Å². The third kappa shape index (κ3) is 4.83. The summed E-state index contributed by atoms with van der Waals surface area (Å²) in [5.41, 5.74) is 0.286. The monoisotopic (exact) mass is 291 g/mol. The molecule has 4 heteroatoms. The molecular formula is C17H25NO3. The number of carbonyl (C=O) groups excluding carboxylic acids is 1. The number of amides is 1. The van der Waals surface area contributed by atoms with Crippen molar-refractivity contribution >= 4 is 5.91 Å². The van der Waals surface area contributed by atoms with Crippen molar-refractivity contribution in [3.8, 4) is 0 Å². The summed E-state index contributed by atoms with van der Waals surface area (Å²) in [6.45, 7) is 4.09. The normalized spacial score (nSPS) is 17.4. The third-order valence-corrected chi connectivity index (χ3v) is 3.94. The molecule has 1 saturated heterocycles. The molecule has 1 aliphatic rings. The van der Waals surface area contributed by atoms with Gasteiger partial charge in [0.2, 0.25) is 5.91 Å². The van der Waals surface area contributed by atoms with Crippen LogP contribution < -0.4 is 0 Å². The molecule has 0 saturated carbocycles. The van der Waals surface area contributed by atoms with Crippen LogP contribution in [0.5, 0.6) is 0 Å². The van der Waals surface area contributed by atoms with Gasteiger partial charge >= 0.3 is 0 Å². The Kier molecular flexibility index (Phi) is 5.76. The zero-order chi connectivity index (χ0) is 15.1. The highest BCUT2D eigenvalue weighted by Gasteiger charge is 2.33. The maximum absolute atomic E-state index is 12.3. The summed E-state index contributed by atoms with van der Waals surface area (Å²) in [6, 6.07) is 9.94. The van der Waals surface area contributed by atoms with Gasteiger partial charge < -0.3 is 14.7 Å². The Morgan fingerprint density at radius 3 is 2.57 bits per heavy atom. The van der Waals surface area contributed by atoms with Crippen LogP contribution in [0.15, 0.2) is 30.3 Å². The standard InChI is InChI=1S/C17H25NO3/c1-2-6-16(19)18(13-15-7-4-3-5-8-15)14-17(20)9-11-21-12-10-17/h3-5,7-8,20H,2,6,9-14H2,1H3. The first-order valence-electron chi connectivity index (χ1n) is 7.75. The van der Waals surface area contributed by atoms with Crippen LogP contribution in [0, 0.1) is 0 Å². The first-order valence-corrected chi connectivity index (χ1v) is 7.75. The van der Waals surface area contributed by atoms with Gasteiger partial charge in [0.15, 0.2) is 0 Å². The van der Waals surface area contributed by atoms with Crippen molar-refractivity contribution in [2.45, 2.75) is 44.8 Å². The molecule has 0 spiro atoms. The number of carbonyl (C=O) groups is 1. The second-order valence-corrected chi connectivity index (χ2v) is 5.82. The second kappa shape index (κ2) is 7.57. The highest BCUT2D eigenvalue weighted by molar-refractivity contribution is 5.76. The van der Waals surface area contributed by atoms with Crippen LogP contribution in [-0.4, -0.2) is 41.3 Å². The summed E-state index contributed by atoms with van der Waals surface area (Å²) < 4.78 is 5.31. The zero-order valence-electron chi connectivity index (χ0n) is 12.8. The second-order valence-electron chi connectivity index (χ2n) is 5.82. The molecule has 1 aliphatic heterocycles. The van der Waals surface area contributed by atoms with Crippen molar-refractivity contribution in [3.63, 3.8) is 0 Å². The molecule has 0 bridgehead atoms. The van der Waals surface area contributed by atoms with Crippen LogP contribution in [0.3, 0.4) is 0 Å². The lowest BCUT2D eigenvalue weighted by Gasteiger charge is -2.37. The van der Waals surface area contributed by atoms with Crippen LogP contribution >= 0.6 is 0 Å². The quantitative estimate of drug-likeness (QED) is 0.875. The number of rotatable bonds is 6. The van der Waals surface area contributed by atoms with Gasteiger partial charge in [-0.25, -0.2) is 0 Å². The van der Waals surface area contributed by atoms with E-state index in [0.29, 0.717) is 45.6 Å². The summed E-state index contributed by atoms with van der Waals surface area (Å²) in [4.78, 5) is 14.1. The topological polar surface area (TPSA) is 49.8 Å². The number of hydrogen-bond acceptors (Lipinski definition) is 3. The predicted octanol–water partition coefficient (Wildman–Crippen LogP) is 2.36. The van der Waals surface area contributed by atoms with Crippen LogP contribution in [0.4, 0.5) is 0 Å². The molecule has 0 radical (unpaired) electrons. The molecule has 4 nitrogen and oxygen atoms in total. The van der Waals surface area contributed by atoms with E-state index in [2.05, 4.69) is 0 Å². The number of ether oxygens (including phenoxy) is 1. The van der Waals surface area contributed by atoms with Crippen LogP contribution in [0.2, 0.25) is 0 Å². The Labute approximate surface area is 126 Å². The molecule has 0 aliphatic carbocycles. The van der Waals surface area contributed by atoms with Gasteiger partial charge in [0.25, 0.3) is 0 Å². The lowest BCUT2D eigenvalue weighted by Crippen LogP contribution is -2.48.